The molecule has 2 aromatic heterocycles. The lowest BCUT2D eigenvalue weighted by Crippen LogP contribution is -2.07. The van der Waals surface area contributed by atoms with Crippen molar-refractivity contribution in [2.45, 2.75) is 10.9 Å². The number of anilines is 3. The van der Waals surface area contributed by atoms with E-state index >= 15 is 0 Å². The highest BCUT2D eigenvalue weighted by atomic mass is 32.2. The highest BCUT2D eigenvalue weighted by Gasteiger charge is 2.17. The average Bonchev–Trinajstić information content (AvgIpc) is 3.32. The van der Waals surface area contributed by atoms with Gasteiger partial charge >= 0.3 is 0 Å². The van der Waals surface area contributed by atoms with E-state index in [2.05, 4.69) is 30.5 Å². The molecule has 10 heteroatoms. The number of nitrogen functional groups attached to an aromatic ring is 1. The number of methoxy groups -OCH3 is 1. The van der Waals surface area contributed by atoms with Crippen molar-refractivity contribution in [1.29, 1.82) is 0 Å². The molecule has 9 nitrogen and oxygen atoms in total. The van der Waals surface area contributed by atoms with E-state index in [-0.39, 0.29) is 5.95 Å². The predicted octanol–water partition coefficient (Wildman–Crippen LogP) is 4.75. The number of nitrogens with one attached hydrogen (secondary N) is 1. The van der Waals surface area contributed by atoms with Gasteiger partial charge in [-0.25, -0.2) is 0 Å². The first-order chi connectivity index (χ1) is 17.2. The van der Waals surface area contributed by atoms with Crippen LogP contribution < -0.4 is 15.8 Å². The van der Waals surface area contributed by atoms with Crippen molar-refractivity contribution in [3.05, 3.63) is 90.8 Å². The highest BCUT2D eigenvalue weighted by Crippen LogP contribution is 2.30. The smallest absolute Gasteiger partial charge is 0.232 e. The second-order valence-corrected chi connectivity index (χ2v) is 8.36. The Balaban J connectivity index is 1.43. The van der Waals surface area contributed by atoms with Crippen molar-refractivity contribution in [1.82, 2.24) is 29.7 Å². The molecule has 0 fully saturated rings. The summed E-state index contributed by atoms with van der Waals surface area (Å²) in [6.45, 7) is 0. The van der Waals surface area contributed by atoms with E-state index in [1.807, 2.05) is 89.5 Å². The Kier molecular flexibility index (Phi) is 6.53. The predicted molar refractivity (Wildman–Crippen MR) is 137 cm³/mol. The summed E-state index contributed by atoms with van der Waals surface area (Å²) < 4.78 is 7.30. The summed E-state index contributed by atoms with van der Waals surface area (Å²) in [6, 6.07) is 27.4. The molecule has 3 aromatic carbocycles. The molecule has 35 heavy (non-hydrogen) atoms. The molecule has 0 bridgehead atoms. The van der Waals surface area contributed by atoms with Crippen LogP contribution in [0.25, 0.3) is 17.1 Å². The van der Waals surface area contributed by atoms with Crippen LogP contribution in [-0.4, -0.2) is 36.8 Å². The molecule has 5 aromatic rings. The van der Waals surface area contributed by atoms with Crippen molar-refractivity contribution < 1.29 is 4.74 Å². The fourth-order valence-electron chi connectivity index (χ4n) is 3.44. The highest BCUT2D eigenvalue weighted by molar-refractivity contribution is 7.98. The Labute approximate surface area is 206 Å². The van der Waals surface area contributed by atoms with Crippen LogP contribution in [-0.2, 0) is 5.75 Å². The van der Waals surface area contributed by atoms with Crippen LogP contribution in [0.4, 0.5) is 17.6 Å². The van der Waals surface area contributed by atoms with Crippen molar-refractivity contribution in [3.8, 4) is 22.8 Å². The minimum Gasteiger partial charge on any atom is -0.497 e. The summed E-state index contributed by atoms with van der Waals surface area (Å²) >= 11 is 1.47. The molecule has 3 N–H and O–H groups in total. The average molecular weight is 483 g/mol. The third-order valence-electron chi connectivity index (χ3n) is 5.06. The van der Waals surface area contributed by atoms with Gasteiger partial charge in [0, 0.05) is 16.9 Å². The van der Waals surface area contributed by atoms with Gasteiger partial charge in [0.05, 0.1) is 12.9 Å². The fourth-order valence-corrected chi connectivity index (χ4v) is 4.25. The molecule has 2 heterocycles. The van der Waals surface area contributed by atoms with Crippen LogP contribution in [0.3, 0.4) is 0 Å². The lowest BCUT2D eigenvalue weighted by molar-refractivity contribution is 0.415. The molecule has 0 aliphatic carbocycles. The molecule has 0 saturated heterocycles. The maximum Gasteiger partial charge on any atom is 0.232 e. The number of hydrogen-bond donors (Lipinski definition) is 2. The van der Waals surface area contributed by atoms with Gasteiger partial charge in [-0.2, -0.15) is 15.0 Å². The zero-order valence-electron chi connectivity index (χ0n) is 18.9. The van der Waals surface area contributed by atoms with Crippen molar-refractivity contribution in [3.63, 3.8) is 0 Å². The number of benzene rings is 3. The van der Waals surface area contributed by atoms with Crippen molar-refractivity contribution in [2.75, 3.05) is 18.2 Å². The van der Waals surface area contributed by atoms with Gasteiger partial charge in [0.1, 0.15) is 11.6 Å². The fraction of sp³-hybridized carbons (Fsp3) is 0.0800. The maximum atomic E-state index is 5.95. The summed E-state index contributed by atoms with van der Waals surface area (Å²) in [5.74, 6) is 3.02. The van der Waals surface area contributed by atoms with Crippen LogP contribution in [0.2, 0.25) is 0 Å². The summed E-state index contributed by atoms with van der Waals surface area (Å²) in [6.07, 6.45) is 0. The molecule has 5 rings (SSSR count). The Morgan fingerprint density at radius 1 is 0.857 bits per heavy atom. The zero-order chi connectivity index (χ0) is 24.0. The quantitative estimate of drug-likeness (QED) is 0.302. The lowest BCUT2D eigenvalue weighted by Gasteiger charge is -2.11. The Hall–Kier alpha value is -4.44. The molecule has 0 radical (unpaired) electrons. The zero-order valence-corrected chi connectivity index (χ0v) is 19.7. The number of nitrogens with zero attached hydrogens (tertiary/aromatic N) is 6. The molecular weight excluding hydrogens is 460 g/mol. The topological polar surface area (TPSA) is 117 Å². The van der Waals surface area contributed by atoms with Gasteiger partial charge in [-0.3, -0.25) is 4.57 Å². The SMILES string of the molecule is COc1ccc(-c2nnc(SCc3nc(N)nc(Nc4ccccc4)n3)n2-c2ccccc2)cc1. The Morgan fingerprint density at radius 2 is 1.57 bits per heavy atom. The van der Waals surface area contributed by atoms with E-state index in [0.29, 0.717) is 22.7 Å². The van der Waals surface area contributed by atoms with E-state index in [9.17, 15) is 0 Å². The number of hydrogen-bond acceptors (Lipinski definition) is 9. The maximum absolute atomic E-state index is 5.95. The van der Waals surface area contributed by atoms with Crippen molar-refractivity contribution in [2.24, 2.45) is 0 Å². The standard InChI is InChI=1S/C25H22N8OS/c1-34-20-14-12-17(13-15-20)22-31-32-25(33(22)19-10-6-3-7-11-19)35-16-21-28-23(26)30-24(29-21)27-18-8-4-2-5-9-18/h2-15H,16H2,1H3,(H3,26,27,28,29,30). The summed E-state index contributed by atoms with van der Waals surface area (Å²) in [7, 11) is 1.64. The number of aromatic nitrogens is 6. The van der Waals surface area contributed by atoms with Gasteiger partial charge in [-0.05, 0) is 48.5 Å². The second kappa shape index (κ2) is 10.2. The van der Waals surface area contributed by atoms with Crippen molar-refractivity contribution >= 4 is 29.3 Å². The first-order valence-electron chi connectivity index (χ1n) is 10.8. The summed E-state index contributed by atoms with van der Waals surface area (Å²) in [4.78, 5) is 13.0. The molecule has 0 spiro atoms. The van der Waals surface area contributed by atoms with Gasteiger partial charge in [0.25, 0.3) is 0 Å². The lowest BCUT2D eigenvalue weighted by atomic mass is 10.2. The monoisotopic (exact) mass is 482 g/mol. The van der Waals surface area contributed by atoms with Crippen LogP contribution in [0.15, 0.2) is 90.1 Å². The molecule has 0 aliphatic rings. The van der Waals surface area contributed by atoms with Crippen LogP contribution in [0, 0.1) is 0 Å². The number of ether oxygens (including phenoxy) is 1. The van der Waals surface area contributed by atoms with Crippen LogP contribution in [0.1, 0.15) is 5.82 Å². The van der Waals surface area contributed by atoms with Crippen LogP contribution >= 0.6 is 11.8 Å². The van der Waals surface area contributed by atoms with E-state index in [1.54, 1.807) is 7.11 Å². The summed E-state index contributed by atoms with van der Waals surface area (Å²) in [5, 5.41) is 12.8. The molecule has 0 aliphatic heterocycles. The molecule has 174 valence electrons. The van der Waals surface area contributed by atoms with Gasteiger partial charge in [-0.1, -0.05) is 48.2 Å². The molecule has 0 unspecified atom stereocenters. The third kappa shape index (κ3) is 5.22. The van der Waals surface area contributed by atoms with E-state index in [0.717, 1.165) is 28.5 Å². The minimum atomic E-state index is 0.150. The number of nitrogens with two attached hydrogens (primary N) is 1. The Morgan fingerprint density at radius 3 is 2.29 bits per heavy atom. The Bertz CT molecular complexity index is 1410. The minimum absolute atomic E-state index is 0.150. The van der Waals surface area contributed by atoms with Gasteiger partial charge in [0.15, 0.2) is 11.0 Å². The van der Waals surface area contributed by atoms with Gasteiger partial charge in [-0.15, -0.1) is 10.2 Å². The van der Waals surface area contributed by atoms with Crippen LogP contribution in [0.5, 0.6) is 5.75 Å². The molecular formula is C25H22N8OS. The molecule has 0 amide bonds. The van der Waals surface area contributed by atoms with E-state index in [4.69, 9.17) is 10.5 Å². The van der Waals surface area contributed by atoms with E-state index < -0.39 is 0 Å². The van der Waals surface area contributed by atoms with Gasteiger partial charge < -0.3 is 15.8 Å². The third-order valence-corrected chi connectivity index (χ3v) is 5.98. The summed E-state index contributed by atoms with van der Waals surface area (Å²) in [5.41, 5.74) is 8.69. The first-order valence-corrected chi connectivity index (χ1v) is 11.8. The number of rotatable bonds is 8. The largest absolute Gasteiger partial charge is 0.497 e. The number of para-hydroxylation sites is 2. The molecule has 0 saturated carbocycles. The molecule has 0 atom stereocenters. The first kappa shape index (κ1) is 22.4. The van der Waals surface area contributed by atoms with E-state index in [1.165, 1.54) is 11.8 Å². The number of thioether (sulfide) groups is 1. The normalized spacial score (nSPS) is 10.8. The van der Waals surface area contributed by atoms with Gasteiger partial charge in [0.2, 0.25) is 11.9 Å². The second-order valence-electron chi connectivity index (χ2n) is 7.42.